The van der Waals surface area contributed by atoms with E-state index in [1.54, 1.807) is 43.3 Å². The fourth-order valence-corrected chi connectivity index (χ4v) is 3.11. The first-order valence-corrected chi connectivity index (χ1v) is 10.0. The zero-order valence-corrected chi connectivity index (χ0v) is 17.4. The number of ether oxygens (including phenoxy) is 2. The summed E-state index contributed by atoms with van der Waals surface area (Å²) in [6.45, 7) is 3.73. The lowest BCUT2D eigenvalue weighted by molar-refractivity contribution is -0.139. The number of anilines is 1. The molecule has 0 aromatic heterocycles. The molecule has 0 spiro atoms. The van der Waals surface area contributed by atoms with Crippen molar-refractivity contribution in [3.8, 4) is 5.75 Å². The van der Waals surface area contributed by atoms with Crippen molar-refractivity contribution in [2.75, 3.05) is 18.5 Å². The van der Waals surface area contributed by atoms with E-state index in [0.29, 0.717) is 41.3 Å². The van der Waals surface area contributed by atoms with E-state index in [0.717, 1.165) is 0 Å². The van der Waals surface area contributed by atoms with Crippen molar-refractivity contribution in [3.05, 3.63) is 71.4 Å². The highest BCUT2D eigenvalue weighted by atomic mass is 16.5. The first-order chi connectivity index (χ1) is 15.0. The summed E-state index contributed by atoms with van der Waals surface area (Å²) in [5, 5.41) is 8.11. The summed E-state index contributed by atoms with van der Waals surface area (Å²) >= 11 is 0. The summed E-state index contributed by atoms with van der Waals surface area (Å²) in [4.78, 5) is 36.5. The van der Waals surface area contributed by atoms with Crippen molar-refractivity contribution in [2.45, 2.75) is 26.3 Å². The number of carbonyl (C=O) groups excluding carboxylic acids is 3. The Kier molecular flexibility index (Phi) is 7.26. The van der Waals surface area contributed by atoms with Crippen molar-refractivity contribution < 1.29 is 23.9 Å². The van der Waals surface area contributed by atoms with Gasteiger partial charge in [0.15, 0.2) is 6.61 Å². The van der Waals surface area contributed by atoms with Gasteiger partial charge in [0.1, 0.15) is 5.75 Å². The third kappa shape index (κ3) is 5.85. The van der Waals surface area contributed by atoms with Crippen molar-refractivity contribution in [1.29, 1.82) is 0 Å². The molecule has 0 saturated carbocycles. The van der Waals surface area contributed by atoms with Crippen molar-refractivity contribution >= 4 is 23.6 Å². The second-order valence-corrected chi connectivity index (χ2v) is 6.98. The van der Waals surface area contributed by atoms with Crippen molar-refractivity contribution in [3.63, 3.8) is 0 Å². The van der Waals surface area contributed by atoms with Gasteiger partial charge in [0.2, 0.25) is 0 Å². The molecule has 8 nitrogen and oxygen atoms in total. The van der Waals surface area contributed by atoms with Gasteiger partial charge in [-0.05, 0) is 43.2 Å². The Morgan fingerprint density at radius 2 is 1.77 bits per heavy atom. The average molecular weight is 423 g/mol. The van der Waals surface area contributed by atoms with Gasteiger partial charge in [-0.2, -0.15) is 0 Å². The number of allylic oxidation sites excluding steroid dienone is 1. The maximum absolute atomic E-state index is 12.5. The predicted octanol–water partition coefficient (Wildman–Crippen LogP) is 3.29. The van der Waals surface area contributed by atoms with Gasteiger partial charge in [0.25, 0.3) is 5.91 Å². The summed E-state index contributed by atoms with van der Waals surface area (Å²) < 4.78 is 10.8. The smallest absolute Gasteiger partial charge is 0.338 e. The molecule has 1 aliphatic rings. The first-order valence-electron chi connectivity index (χ1n) is 10.0. The monoisotopic (exact) mass is 423 g/mol. The Hall–Kier alpha value is -3.81. The van der Waals surface area contributed by atoms with E-state index in [1.165, 1.54) is 0 Å². The minimum atomic E-state index is -0.645. The third-order valence-corrected chi connectivity index (χ3v) is 4.57. The molecule has 162 valence electrons. The van der Waals surface area contributed by atoms with E-state index < -0.39 is 18.0 Å². The lowest BCUT2D eigenvalue weighted by Gasteiger charge is -2.28. The van der Waals surface area contributed by atoms with Crippen molar-refractivity contribution in [2.24, 2.45) is 0 Å². The van der Waals surface area contributed by atoms with Crippen LogP contribution in [-0.4, -0.2) is 31.1 Å². The number of rotatable bonds is 8. The number of amides is 3. The molecule has 3 rings (SSSR count). The third-order valence-electron chi connectivity index (χ3n) is 4.57. The summed E-state index contributed by atoms with van der Waals surface area (Å²) in [5.74, 6) is -0.266. The van der Waals surface area contributed by atoms with Crippen LogP contribution in [0.15, 0.2) is 65.9 Å². The molecule has 3 amide bonds. The van der Waals surface area contributed by atoms with Crippen LogP contribution in [-0.2, 0) is 14.3 Å². The van der Waals surface area contributed by atoms with Crippen LogP contribution < -0.4 is 20.7 Å². The number of esters is 1. The second kappa shape index (κ2) is 10.3. The highest BCUT2D eigenvalue weighted by molar-refractivity contribution is 5.95. The number of carbonyl (C=O) groups is 3. The fourth-order valence-electron chi connectivity index (χ4n) is 3.11. The lowest BCUT2D eigenvalue weighted by Crippen LogP contribution is -2.45. The molecule has 31 heavy (non-hydrogen) atoms. The topological polar surface area (TPSA) is 106 Å². The normalized spacial score (nSPS) is 15.5. The molecule has 0 bridgehead atoms. The van der Waals surface area contributed by atoms with Gasteiger partial charge in [0.05, 0.1) is 18.2 Å². The first kappa shape index (κ1) is 21.9. The van der Waals surface area contributed by atoms with E-state index in [-0.39, 0.29) is 12.5 Å². The molecule has 1 heterocycles. The molecule has 1 atom stereocenters. The number of hydrogen-bond acceptors (Lipinski definition) is 5. The standard InChI is InChI=1S/C23H25N3O5/c1-3-13-30-22(28)20-15(2)24-23(29)26-21(20)16-9-11-18(12-10-16)31-14-19(27)25-17-7-5-4-6-8-17/h4-12,21H,3,13-14H2,1-2H3,(H,25,27)(H2,24,26,29). The highest BCUT2D eigenvalue weighted by Crippen LogP contribution is 2.29. The molecule has 0 aliphatic carbocycles. The zero-order valence-electron chi connectivity index (χ0n) is 17.4. The zero-order chi connectivity index (χ0) is 22.2. The largest absolute Gasteiger partial charge is 0.484 e. The maximum atomic E-state index is 12.5. The molecular weight excluding hydrogens is 398 g/mol. The fraction of sp³-hybridized carbons (Fsp3) is 0.261. The van der Waals surface area contributed by atoms with Gasteiger partial charge in [-0.25, -0.2) is 9.59 Å². The average Bonchev–Trinajstić information content (AvgIpc) is 2.76. The number of hydrogen-bond donors (Lipinski definition) is 3. The van der Waals surface area contributed by atoms with E-state index >= 15 is 0 Å². The molecule has 0 radical (unpaired) electrons. The van der Waals surface area contributed by atoms with Crippen LogP contribution in [0.25, 0.3) is 0 Å². The quantitative estimate of drug-likeness (QED) is 0.565. The second-order valence-electron chi connectivity index (χ2n) is 6.98. The lowest BCUT2D eigenvalue weighted by atomic mass is 9.95. The van der Waals surface area contributed by atoms with E-state index in [4.69, 9.17) is 9.47 Å². The Bertz CT molecular complexity index is 970. The van der Waals surface area contributed by atoms with Gasteiger partial charge in [0, 0.05) is 11.4 Å². The molecule has 1 aliphatic heterocycles. The summed E-state index contributed by atoms with van der Waals surface area (Å²) in [7, 11) is 0. The van der Waals surface area contributed by atoms with Gasteiger partial charge in [-0.3, -0.25) is 4.79 Å². The van der Waals surface area contributed by atoms with Crippen LogP contribution in [0.4, 0.5) is 10.5 Å². The number of benzene rings is 2. The molecule has 1 unspecified atom stereocenters. The van der Waals surface area contributed by atoms with Crippen LogP contribution in [0.2, 0.25) is 0 Å². The number of nitrogens with one attached hydrogen (secondary N) is 3. The number of para-hydroxylation sites is 1. The van der Waals surface area contributed by atoms with Crippen LogP contribution >= 0.6 is 0 Å². The van der Waals surface area contributed by atoms with Gasteiger partial charge >= 0.3 is 12.0 Å². The predicted molar refractivity (Wildman–Crippen MR) is 115 cm³/mol. The Balaban J connectivity index is 1.66. The highest BCUT2D eigenvalue weighted by Gasteiger charge is 2.32. The van der Waals surface area contributed by atoms with Crippen LogP contribution in [0.1, 0.15) is 31.9 Å². The summed E-state index contributed by atoms with van der Waals surface area (Å²) in [6.07, 6.45) is 0.701. The van der Waals surface area contributed by atoms with E-state index in [1.807, 2.05) is 25.1 Å². The Morgan fingerprint density at radius 1 is 1.06 bits per heavy atom. The van der Waals surface area contributed by atoms with Crippen molar-refractivity contribution in [1.82, 2.24) is 10.6 Å². The van der Waals surface area contributed by atoms with E-state index in [9.17, 15) is 14.4 Å². The minimum Gasteiger partial charge on any atom is -0.484 e. The van der Waals surface area contributed by atoms with Crippen LogP contribution in [0.3, 0.4) is 0 Å². The molecule has 8 heteroatoms. The molecule has 0 saturated heterocycles. The van der Waals surface area contributed by atoms with Gasteiger partial charge in [-0.15, -0.1) is 0 Å². The van der Waals surface area contributed by atoms with E-state index in [2.05, 4.69) is 16.0 Å². The Labute approximate surface area is 180 Å². The Morgan fingerprint density at radius 3 is 2.45 bits per heavy atom. The molecule has 2 aromatic carbocycles. The van der Waals surface area contributed by atoms with Gasteiger partial charge in [-0.1, -0.05) is 37.3 Å². The molecule has 3 N–H and O–H groups in total. The van der Waals surface area contributed by atoms with Gasteiger partial charge < -0.3 is 25.4 Å². The van der Waals surface area contributed by atoms with Crippen LogP contribution in [0.5, 0.6) is 5.75 Å². The van der Waals surface area contributed by atoms with Crippen LogP contribution in [0, 0.1) is 0 Å². The minimum absolute atomic E-state index is 0.147. The molecule has 0 fully saturated rings. The molecule has 2 aromatic rings. The SMILES string of the molecule is CCCOC(=O)C1=C(C)NC(=O)NC1c1ccc(OCC(=O)Nc2ccccc2)cc1. The number of urea groups is 1. The summed E-state index contributed by atoms with van der Waals surface area (Å²) in [5.41, 5.74) is 2.19. The maximum Gasteiger partial charge on any atom is 0.338 e. The molecular formula is C23H25N3O5. The summed E-state index contributed by atoms with van der Waals surface area (Å²) in [6, 6.07) is 14.9.